The number of nitrogens with zero attached hydrogens (tertiary/aromatic N) is 2. The second-order valence-electron chi connectivity index (χ2n) is 5.69. The van der Waals surface area contributed by atoms with Gasteiger partial charge in [-0.3, -0.25) is 9.89 Å². The largest absolute Gasteiger partial charge is 0.379 e. The van der Waals surface area contributed by atoms with E-state index >= 15 is 0 Å². The molecule has 26 heavy (non-hydrogen) atoms. The zero-order chi connectivity index (χ0) is 18.1. The molecule has 4 N–H and O–H groups in total. The van der Waals surface area contributed by atoms with E-state index in [2.05, 4.69) is 32.0 Å². The fourth-order valence-corrected chi connectivity index (χ4v) is 3.83. The lowest BCUT2D eigenvalue weighted by atomic mass is 10.2. The van der Waals surface area contributed by atoms with Crippen molar-refractivity contribution in [1.29, 1.82) is 0 Å². The highest BCUT2D eigenvalue weighted by Gasteiger charge is 2.23. The maximum Gasteiger partial charge on any atom is 0.210 e. The van der Waals surface area contributed by atoms with Gasteiger partial charge in [-0.25, -0.2) is 13.6 Å². The SMILES string of the molecule is CCNC(=NCC(c1cccs1)N1CCOCC1)NCCS(N)(=O)=O.I. The van der Waals surface area contributed by atoms with Gasteiger partial charge in [0.1, 0.15) is 0 Å². The van der Waals surface area contributed by atoms with Crippen LogP contribution < -0.4 is 15.8 Å². The first-order valence-corrected chi connectivity index (χ1v) is 11.0. The Morgan fingerprint density at radius 2 is 2.15 bits per heavy atom. The molecule has 1 saturated heterocycles. The van der Waals surface area contributed by atoms with Gasteiger partial charge < -0.3 is 15.4 Å². The molecule has 1 aliphatic rings. The third-order valence-corrected chi connectivity index (χ3v) is 5.55. The summed E-state index contributed by atoms with van der Waals surface area (Å²) >= 11 is 1.72. The van der Waals surface area contributed by atoms with Gasteiger partial charge in [-0.15, -0.1) is 35.3 Å². The molecule has 150 valence electrons. The molecular formula is C15H28IN5O3S2. The van der Waals surface area contributed by atoms with Crippen LogP contribution in [0.3, 0.4) is 0 Å². The van der Waals surface area contributed by atoms with E-state index in [0.717, 1.165) is 26.3 Å². The second-order valence-corrected chi connectivity index (χ2v) is 8.41. The van der Waals surface area contributed by atoms with Crippen LogP contribution in [0.5, 0.6) is 0 Å². The van der Waals surface area contributed by atoms with E-state index in [1.807, 2.05) is 13.0 Å². The smallest absolute Gasteiger partial charge is 0.210 e. The van der Waals surface area contributed by atoms with Gasteiger partial charge in [-0.05, 0) is 18.4 Å². The van der Waals surface area contributed by atoms with Crippen molar-refractivity contribution >= 4 is 51.3 Å². The summed E-state index contributed by atoms with van der Waals surface area (Å²) < 4.78 is 27.6. The zero-order valence-corrected chi connectivity index (χ0v) is 18.9. The van der Waals surface area contributed by atoms with E-state index in [4.69, 9.17) is 9.88 Å². The number of morpholine rings is 1. The van der Waals surface area contributed by atoms with E-state index in [1.165, 1.54) is 4.88 Å². The van der Waals surface area contributed by atoms with Crippen molar-refractivity contribution in [3.8, 4) is 0 Å². The van der Waals surface area contributed by atoms with Crippen molar-refractivity contribution in [2.75, 3.05) is 51.7 Å². The topological polar surface area (TPSA) is 109 Å². The molecule has 8 nitrogen and oxygen atoms in total. The highest BCUT2D eigenvalue weighted by Crippen LogP contribution is 2.26. The number of halogens is 1. The van der Waals surface area contributed by atoms with Crippen molar-refractivity contribution < 1.29 is 13.2 Å². The summed E-state index contributed by atoms with van der Waals surface area (Å²) in [6, 6.07) is 4.37. The number of ether oxygens (including phenoxy) is 1. The number of aliphatic imine (C=N–C) groups is 1. The van der Waals surface area contributed by atoms with Gasteiger partial charge in [0.15, 0.2) is 5.96 Å². The average molecular weight is 517 g/mol. The van der Waals surface area contributed by atoms with Crippen LogP contribution in [0.25, 0.3) is 0 Å². The fraction of sp³-hybridized carbons (Fsp3) is 0.667. The lowest BCUT2D eigenvalue weighted by Gasteiger charge is -2.33. The number of guanidine groups is 1. The van der Waals surface area contributed by atoms with Gasteiger partial charge in [0.2, 0.25) is 10.0 Å². The highest BCUT2D eigenvalue weighted by molar-refractivity contribution is 14.0. The van der Waals surface area contributed by atoms with Crippen LogP contribution in [-0.2, 0) is 14.8 Å². The van der Waals surface area contributed by atoms with E-state index in [9.17, 15) is 8.42 Å². The first-order valence-electron chi connectivity index (χ1n) is 8.37. The first-order chi connectivity index (χ1) is 12.0. The van der Waals surface area contributed by atoms with E-state index in [0.29, 0.717) is 19.0 Å². The second kappa shape index (κ2) is 12.1. The third-order valence-electron chi connectivity index (χ3n) is 3.80. The normalized spacial score (nSPS) is 17.4. The van der Waals surface area contributed by atoms with E-state index in [-0.39, 0.29) is 42.3 Å². The molecule has 0 saturated carbocycles. The molecule has 0 spiro atoms. The van der Waals surface area contributed by atoms with E-state index in [1.54, 1.807) is 11.3 Å². The molecule has 0 aromatic carbocycles. The molecule has 2 rings (SSSR count). The predicted molar refractivity (Wildman–Crippen MR) is 117 cm³/mol. The molecule has 1 atom stereocenters. The fourth-order valence-electron chi connectivity index (χ4n) is 2.59. The minimum atomic E-state index is -3.48. The van der Waals surface area contributed by atoms with E-state index < -0.39 is 10.0 Å². The minimum absolute atomic E-state index is 0. The zero-order valence-electron chi connectivity index (χ0n) is 14.9. The number of rotatable bonds is 8. The summed E-state index contributed by atoms with van der Waals surface area (Å²) in [5.74, 6) is 0.468. The Bertz CT molecular complexity index is 634. The molecule has 0 amide bonds. The van der Waals surface area contributed by atoms with Crippen LogP contribution in [0.2, 0.25) is 0 Å². The Kier molecular flexibility index (Phi) is 11.0. The molecule has 1 fully saturated rings. The van der Waals surface area contributed by atoms with Crippen molar-refractivity contribution in [2.24, 2.45) is 10.1 Å². The Hall–Kier alpha value is -0.470. The van der Waals surface area contributed by atoms with Crippen molar-refractivity contribution in [3.05, 3.63) is 22.4 Å². The maximum atomic E-state index is 11.1. The first kappa shape index (κ1) is 23.6. The van der Waals surface area contributed by atoms with Gasteiger partial charge in [-0.1, -0.05) is 6.07 Å². The molecule has 0 aliphatic carbocycles. The Labute approximate surface area is 176 Å². The summed E-state index contributed by atoms with van der Waals surface area (Å²) in [6.45, 7) is 6.71. The average Bonchev–Trinajstić information content (AvgIpc) is 3.09. The summed E-state index contributed by atoms with van der Waals surface area (Å²) in [7, 11) is -3.48. The number of primary sulfonamides is 1. The quantitative estimate of drug-likeness (QED) is 0.265. The van der Waals surface area contributed by atoms with Crippen molar-refractivity contribution in [3.63, 3.8) is 0 Å². The Morgan fingerprint density at radius 1 is 1.42 bits per heavy atom. The lowest BCUT2D eigenvalue weighted by Crippen LogP contribution is -2.42. The standard InChI is InChI=1S/C15H27N5O3S2.HI/c1-2-17-15(18-5-11-25(16,21)22)19-12-13(14-4-3-10-24-14)20-6-8-23-9-7-20;/h3-4,10,13H,2,5-9,11-12H2,1H3,(H2,16,21,22)(H2,17,18,19);1H. The van der Waals surface area contributed by atoms with Crippen LogP contribution in [0.15, 0.2) is 22.5 Å². The van der Waals surface area contributed by atoms with Gasteiger partial charge in [0.05, 0.1) is 31.6 Å². The summed E-state index contributed by atoms with van der Waals surface area (Å²) in [5, 5.41) is 13.3. The summed E-state index contributed by atoms with van der Waals surface area (Å²) in [5.41, 5.74) is 0. The molecule has 1 aromatic rings. The van der Waals surface area contributed by atoms with Gasteiger partial charge in [-0.2, -0.15) is 0 Å². The van der Waals surface area contributed by atoms with Crippen molar-refractivity contribution in [1.82, 2.24) is 15.5 Å². The minimum Gasteiger partial charge on any atom is -0.379 e. The maximum absolute atomic E-state index is 11.1. The van der Waals surface area contributed by atoms with Crippen LogP contribution in [-0.4, -0.2) is 71.0 Å². The van der Waals surface area contributed by atoms with Crippen LogP contribution in [0, 0.1) is 0 Å². The number of nitrogens with two attached hydrogens (primary N) is 1. The van der Waals surface area contributed by atoms with Crippen LogP contribution >= 0.6 is 35.3 Å². The molecule has 2 heterocycles. The number of thiophene rings is 1. The molecule has 1 aromatic heterocycles. The Morgan fingerprint density at radius 3 is 2.73 bits per heavy atom. The number of nitrogens with one attached hydrogen (secondary N) is 2. The molecule has 11 heteroatoms. The number of hydrogen-bond acceptors (Lipinski definition) is 6. The molecule has 1 unspecified atom stereocenters. The lowest BCUT2D eigenvalue weighted by molar-refractivity contribution is 0.0186. The number of hydrogen-bond donors (Lipinski definition) is 3. The van der Waals surface area contributed by atoms with Gasteiger partial charge >= 0.3 is 0 Å². The molecular weight excluding hydrogens is 489 g/mol. The molecule has 0 radical (unpaired) electrons. The van der Waals surface area contributed by atoms with Gasteiger partial charge in [0.25, 0.3) is 0 Å². The van der Waals surface area contributed by atoms with Crippen LogP contribution in [0.1, 0.15) is 17.8 Å². The van der Waals surface area contributed by atoms with Crippen molar-refractivity contribution in [2.45, 2.75) is 13.0 Å². The van der Waals surface area contributed by atoms with Crippen LogP contribution in [0.4, 0.5) is 0 Å². The summed E-state index contributed by atoms with van der Waals surface area (Å²) in [4.78, 5) is 8.30. The monoisotopic (exact) mass is 517 g/mol. The predicted octanol–water partition coefficient (Wildman–Crippen LogP) is 0.583. The molecule has 0 bridgehead atoms. The Balaban J connectivity index is 0.00000338. The number of sulfonamides is 1. The van der Waals surface area contributed by atoms with Gasteiger partial charge in [0, 0.05) is 31.1 Å². The molecule has 1 aliphatic heterocycles. The highest BCUT2D eigenvalue weighted by atomic mass is 127. The summed E-state index contributed by atoms with van der Waals surface area (Å²) in [6.07, 6.45) is 0. The third kappa shape index (κ3) is 8.48.